The number of anilines is 1. The third-order valence-electron chi connectivity index (χ3n) is 6.01. The molecule has 0 aliphatic carbocycles. The van der Waals surface area contributed by atoms with E-state index in [1.54, 1.807) is 4.57 Å². The molecule has 0 radical (unpaired) electrons. The van der Waals surface area contributed by atoms with Crippen LogP contribution in [-0.4, -0.2) is 74.2 Å². The Morgan fingerprint density at radius 2 is 1.90 bits per heavy atom. The molecule has 10 nitrogen and oxygen atoms in total. The number of ether oxygens (including phenoxy) is 1. The van der Waals surface area contributed by atoms with Crippen LogP contribution in [0.25, 0.3) is 11.2 Å². The van der Waals surface area contributed by atoms with Gasteiger partial charge in [0.1, 0.15) is 36.4 Å². The van der Waals surface area contributed by atoms with Gasteiger partial charge in [-0.3, -0.25) is 4.57 Å². The van der Waals surface area contributed by atoms with Gasteiger partial charge < -0.3 is 30.2 Å². The van der Waals surface area contributed by atoms with Crippen molar-refractivity contribution in [3.8, 4) is 0 Å². The summed E-state index contributed by atoms with van der Waals surface area (Å²) in [6.07, 6.45) is -2.53. The lowest BCUT2D eigenvalue weighted by atomic mass is 10.0. The van der Waals surface area contributed by atoms with Gasteiger partial charge in [-0.25, -0.2) is 15.0 Å². The number of nitrogens with two attached hydrogens (primary N) is 1. The molecule has 1 aliphatic rings. The number of aromatic nitrogens is 4. The highest BCUT2D eigenvalue weighted by molar-refractivity contribution is 6.74. The molecule has 11 heteroatoms. The number of aliphatic hydroxyl groups is 3. The van der Waals surface area contributed by atoms with Gasteiger partial charge >= 0.3 is 0 Å². The van der Waals surface area contributed by atoms with E-state index in [2.05, 4.69) is 48.8 Å². The molecule has 0 bridgehead atoms. The van der Waals surface area contributed by atoms with Crippen molar-refractivity contribution in [2.45, 2.75) is 76.0 Å². The van der Waals surface area contributed by atoms with E-state index in [1.807, 2.05) is 0 Å². The normalized spacial score (nSPS) is 29.2. The quantitative estimate of drug-likeness (QED) is 0.522. The number of hydrogen-bond donors (Lipinski definition) is 4. The molecule has 5 N–H and O–H groups in total. The number of hydrogen-bond acceptors (Lipinski definition) is 9. The average Bonchev–Trinajstić information content (AvgIpc) is 3.03. The van der Waals surface area contributed by atoms with Crippen LogP contribution in [0, 0.1) is 0 Å². The first-order valence-corrected chi connectivity index (χ1v) is 12.6. The van der Waals surface area contributed by atoms with Crippen LogP contribution in [0.4, 0.5) is 5.82 Å². The number of fused-ring (bicyclic) bond motifs is 1. The fraction of sp³-hybridized carbons (Fsp3) is 0.722. The summed E-state index contributed by atoms with van der Waals surface area (Å²) < 4.78 is 13.9. The van der Waals surface area contributed by atoms with Crippen molar-refractivity contribution in [3.05, 3.63) is 12.7 Å². The van der Waals surface area contributed by atoms with Crippen LogP contribution in [-0.2, 0) is 9.16 Å². The van der Waals surface area contributed by atoms with Crippen LogP contribution < -0.4 is 5.73 Å². The van der Waals surface area contributed by atoms with Gasteiger partial charge in [0.15, 0.2) is 19.8 Å². The summed E-state index contributed by atoms with van der Waals surface area (Å²) in [4.78, 5) is 12.4. The van der Waals surface area contributed by atoms with E-state index in [-0.39, 0.29) is 23.9 Å². The van der Waals surface area contributed by atoms with Gasteiger partial charge in [0.25, 0.3) is 0 Å². The van der Waals surface area contributed by atoms with Gasteiger partial charge in [-0.1, -0.05) is 20.8 Å². The van der Waals surface area contributed by atoms with Crippen molar-refractivity contribution >= 4 is 25.3 Å². The number of rotatable bonds is 4. The maximum atomic E-state index is 10.6. The van der Waals surface area contributed by atoms with Crippen molar-refractivity contribution < 1.29 is 24.5 Å². The van der Waals surface area contributed by atoms with E-state index in [1.165, 1.54) is 12.7 Å². The highest BCUT2D eigenvalue weighted by atomic mass is 28.4. The van der Waals surface area contributed by atoms with E-state index < -0.39 is 39.0 Å². The number of nitrogen functional groups attached to an aromatic ring is 1. The highest BCUT2D eigenvalue weighted by Gasteiger charge is 2.43. The maximum absolute atomic E-state index is 10.6. The van der Waals surface area contributed by atoms with E-state index >= 15 is 0 Å². The molecule has 0 unspecified atom stereocenters. The molecule has 2 aromatic rings. The SMILES string of the molecule is CC(C)(C)[Si](C)(C)OC[C@H]1O[C@@H](n2cnc3c(N)ncnc32)C[C@H](O)[C@H](O)[C@@H]1O. The molecule has 29 heavy (non-hydrogen) atoms. The lowest BCUT2D eigenvalue weighted by Gasteiger charge is -2.38. The Labute approximate surface area is 170 Å². The van der Waals surface area contributed by atoms with Crippen molar-refractivity contribution in [2.75, 3.05) is 12.3 Å². The van der Waals surface area contributed by atoms with Gasteiger partial charge in [-0.05, 0) is 18.1 Å². The Kier molecular flexibility index (Phi) is 6.00. The lowest BCUT2D eigenvalue weighted by Crippen LogP contribution is -2.48. The predicted octanol–water partition coefficient (Wildman–Crippen LogP) is 0.800. The van der Waals surface area contributed by atoms with E-state index in [0.717, 1.165) is 0 Å². The summed E-state index contributed by atoms with van der Waals surface area (Å²) >= 11 is 0. The fourth-order valence-electron chi connectivity index (χ4n) is 3.04. The first-order chi connectivity index (χ1) is 13.4. The molecular weight excluding hydrogens is 394 g/mol. The zero-order valence-corrected chi connectivity index (χ0v) is 18.5. The molecule has 3 heterocycles. The zero-order chi connectivity index (χ0) is 21.6. The Morgan fingerprint density at radius 3 is 2.55 bits per heavy atom. The number of aliphatic hydroxyl groups excluding tert-OH is 3. The molecule has 2 aromatic heterocycles. The van der Waals surface area contributed by atoms with Gasteiger partial charge in [-0.2, -0.15) is 0 Å². The van der Waals surface area contributed by atoms with Gasteiger partial charge in [0, 0.05) is 6.42 Å². The predicted molar refractivity (Wildman–Crippen MR) is 109 cm³/mol. The lowest BCUT2D eigenvalue weighted by molar-refractivity contribution is -0.129. The van der Waals surface area contributed by atoms with Crippen molar-refractivity contribution in [1.29, 1.82) is 0 Å². The molecule has 0 aromatic carbocycles. The topological polar surface area (TPSA) is 149 Å². The monoisotopic (exact) mass is 425 g/mol. The Morgan fingerprint density at radius 1 is 1.21 bits per heavy atom. The molecular formula is C18H31N5O5Si. The van der Waals surface area contributed by atoms with Crippen LogP contribution in [0.5, 0.6) is 0 Å². The van der Waals surface area contributed by atoms with E-state index in [4.69, 9.17) is 14.9 Å². The minimum atomic E-state index is -2.10. The van der Waals surface area contributed by atoms with Crippen molar-refractivity contribution in [2.24, 2.45) is 0 Å². The first kappa shape index (κ1) is 22.1. The van der Waals surface area contributed by atoms with Gasteiger partial charge in [-0.15, -0.1) is 0 Å². The van der Waals surface area contributed by atoms with Gasteiger partial charge in [0.05, 0.1) is 19.0 Å². The largest absolute Gasteiger partial charge is 0.414 e. The third kappa shape index (κ3) is 4.30. The summed E-state index contributed by atoms with van der Waals surface area (Å²) in [7, 11) is -2.10. The summed E-state index contributed by atoms with van der Waals surface area (Å²) in [5, 5.41) is 31.3. The third-order valence-corrected chi connectivity index (χ3v) is 10.5. The summed E-state index contributed by atoms with van der Waals surface area (Å²) in [5.74, 6) is 0.237. The van der Waals surface area contributed by atoms with E-state index in [0.29, 0.717) is 11.2 Å². The highest BCUT2D eigenvalue weighted by Crippen LogP contribution is 2.37. The second kappa shape index (κ2) is 7.89. The molecule has 5 atom stereocenters. The minimum Gasteiger partial charge on any atom is -0.414 e. The van der Waals surface area contributed by atoms with Crippen molar-refractivity contribution in [3.63, 3.8) is 0 Å². The Balaban J connectivity index is 1.88. The molecule has 162 valence electrons. The van der Waals surface area contributed by atoms with Crippen LogP contribution in [0.1, 0.15) is 33.4 Å². The summed E-state index contributed by atoms with van der Waals surface area (Å²) in [5.41, 5.74) is 6.72. The Bertz CT molecular complexity index is 855. The van der Waals surface area contributed by atoms with Crippen LogP contribution >= 0.6 is 0 Å². The number of nitrogens with zero attached hydrogens (tertiary/aromatic N) is 4. The van der Waals surface area contributed by atoms with Crippen LogP contribution in [0.3, 0.4) is 0 Å². The molecule has 0 saturated carbocycles. The average molecular weight is 426 g/mol. The second-order valence-electron chi connectivity index (χ2n) is 9.07. The molecule has 3 rings (SSSR count). The summed E-state index contributed by atoms with van der Waals surface area (Å²) in [6.45, 7) is 10.7. The Hall–Kier alpha value is -1.63. The zero-order valence-electron chi connectivity index (χ0n) is 17.5. The fourth-order valence-corrected chi connectivity index (χ4v) is 4.05. The minimum absolute atomic E-state index is 0.0186. The van der Waals surface area contributed by atoms with Gasteiger partial charge in [0.2, 0.25) is 0 Å². The smallest absolute Gasteiger partial charge is 0.192 e. The number of imidazole rings is 1. The molecule has 0 amide bonds. The standard InChI is InChI=1S/C18H31N5O5Si/c1-18(2,3)29(4,5)27-7-11-15(26)14(25)10(24)6-12(28-11)23-9-22-13-16(19)20-8-21-17(13)23/h8-12,14-15,24-26H,6-7H2,1-5H3,(H2,19,20,21)/t10-,11+,12+,14-,15+/m0/s1. The van der Waals surface area contributed by atoms with Crippen LogP contribution in [0.15, 0.2) is 12.7 Å². The van der Waals surface area contributed by atoms with Crippen molar-refractivity contribution in [1.82, 2.24) is 19.5 Å². The molecule has 1 aliphatic heterocycles. The van der Waals surface area contributed by atoms with E-state index in [9.17, 15) is 15.3 Å². The maximum Gasteiger partial charge on any atom is 0.192 e. The van der Waals surface area contributed by atoms with Crippen LogP contribution in [0.2, 0.25) is 18.1 Å². The summed E-state index contributed by atoms with van der Waals surface area (Å²) in [6, 6.07) is 0. The second-order valence-corrected chi connectivity index (χ2v) is 13.9. The molecule has 1 saturated heterocycles. The molecule has 0 spiro atoms. The molecule has 1 fully saturated rings. The first-order valence-electron chi connectivity index (χ1n) is 9.69.